The number of benzene rings is 2. The Bertz CT molecular complexity index is 547. The van der Waals surface area contributed by atoms with Crippen LogP contribution in [0.15, 0.2) is 36.4 Å². The highest BCUT2D eigenvalue weighted by molar-refractivity contribution is 5.86. The second-order valence-electron chi connectivity index (χ2n) is 5.30. The first kappa shape index (κ1) is 10.8. The first-order valence-electron chi connectivity index (χ1n) is 6.36. The molecule has 3 rings (SSSR count). The fourth-order valence-corrected chi connectivity index (χ4v) is 2.90. The van der Waals surface area contributed by atoms with E-state index in [2.05, 4.69) is 43.3 Å². The van der Waals surface area contributed by atoms with Gasteiger partial charge in [-0.25, -0.2) is 0 Å². The van der Waals surface area contributed by atoms with Crippen LogP contribution in [0.5, 0.6) is 0 Å². The molecule has 2 aromatic carbocycles. The van der Waals surface area contributed by atoms with Crippen LogP contribution in [-0.4, -0.2) is 11.7 Å². The van der Waals surface area contributed by atoms with Crippen molar-refractivity contribution in [1.82, 2.24) is 0 Å². The molecule has 0 spiro atoms. The van der Waals surface area contributed by atoms with Crippen molar-refractivity contribution in [1.29, 1.82) is 0 Å². The second-order valence-corrected chi connectivity index (χ2v) is 5.30. The SMILES string of the molecule is Cc1cccc2ccc(C3(CO)CCC3)cc12. The van der Waals surface area contributed by atoms with Gasteiger partial charge in [0.15, 0.2) is 0 Å². The number of hydrogen-bond donors (Lipinski definition) is 1. The summed E-state index contributed by atoms with van der Waals surface area (Å²) in [7, 11) is 0. The molecular formula is C16H18O. The van der Waals surface area contributed by atoms with Crippen molar-refractivity contribution in [2.24, 2.45) is 0 Å². The van der Waals surface area contributed by atoms with E-state index < -0.39 is 0 Å². The van der Waals surface area contributed by atoms with Gasteiger partial charge in [0.2, 0.25) is 0 Å². The third kappa shape index (κ3) is 1.57. The molecule has 1 aliphatic carbocycles. The van der Waals surface area contributed by atoms with Crippen molar-refractivity contribution in [3.63, 3.8) is 0 Å². The quantitative estimate of drug-likeness (QED) is 0.830. The normalized spacial score (nSPS) is 18.0. The van der Waals surface area contributed by atoms with Crippen molar-refractivity contribution in [2.45, 2.75) is 31.6 Å². The number of hydrogen-bond acceptors (Lipinski definition) is 1. The summed E-state index contributed by atoms with van der Waals surface area (Å²) in [5.41, 5.74) is 2.68. The molecule has 0 aliphatic heterocycles. The Labute approximate surface area is 102 Å². The van der Waals surface area contributed by atoms with Gasteiger partial charge in [-0.15, -0.1) is 0 Å². The van der Waals surface area contributed by atoms with Gasteiger partial charge in [-0.1, -0.05) is 42.8 Å². The molecule has 0 atom stereocenters. The Morgan fingerprint density at radius 3 is 2.65 bits per heavy atom. The summed E-state index contributed by atoms with van der Waals surface area (Å²) >= 11 is 0. The maximum atomic E-state index is 9.63. The molecule has 1 N–H and O–H groups in total. The van der Waals surface area contributed by atoms with Gasteiger partial charge < -0.3 is 5.11 Å². The van der Waals surface area contributed by atoms with Crippen molar-refractivity contribution < 1.29 is 5.11 Å². The molecule has 17 heavy (non-hydrogen) atoms. The van der Waals surface area contributed by atoms with Crippen LogP contribution in [0.1, 0.15) is 30.4 Å². The highest BCUT2D eigenvalue weighted by atomic mass is 16.3. The third-order valence-corrected chi connectivity index (χ3v) is 4.33. The van der Waals surface area contributed by atoms with Crippen LogP contribution in [0.3, 0.4) is 0 Å². The van der Waals surface area contributed by atoms with E-state index in [0.29, 0.717) is 0 Å². The van der Waals surface area contributed by atoms with E-state index in [1.807, 2.05) is 0 Å². The smallest absolute Gasteiger partial charge is 0.0527 e. The summed E-state index contributed by atoms with van der Waals surface area (Å²) in [4.78, 5) is 0. The molecule has 0 amide bonds. The van der Waals surface area contributed by atoms with Gasteiger partial charge in [-0.05, 0) is 41.7 Å². The van der Waals surface area contributed by atoms with Crippen LogP contribution < -0.4 is 0 Å². The van der Waals surface area contributed by atoms with E-state index in [1.54, 1.807) is 0 Å². The minimum Gasteiger partial charge on any atom is -0.395 e. The maximum absolute atomic E-state index is 9.63. The lowest BCUT2D eigenvalue weighted by atomic mass is 9.65. The molecule has 0 bridgehead atoms. The van der Waals surface area contributed by atoms with Gasteiger partial charge in [-0.2, -0.15) is 0 Å². The number of aliphatic hydroxyl groups is 1. The zero-order valence-corrected chi connectivity index (χ0v) is 10.2. The average molecular weight is 226 g/mol. The van der Waals surface area contributed by atoms with Gasteiger partial charge in [0.1, 0.15) is 0 Å². The summed E-state index contributed by atoms with van der Waals surface area (Å²) in [6.07, 6.45) is 3.49. The summed E-state index contributed by atoms with van der Waals surface area (Å²) < 4.78 is 0. The molecule has 1 aliphatic rings. The summed E-state index contributed by atoms with van der Waals surface area (Å²) in [6, 6.07) is 13.1. The minimum absolute atomic E-state index is 0.0521. The summed E-state index contributed by atoms with van der Waals surface area (Å²) in [5.74, 6) is 0. The van der Waals surface area contributed by atoms with Gasteiger partial charge in [0, 0.05) is 5.41 Å². The third-order valence-electron chi connectivity index (χ3n) is 4.33. The molecular weight excluding hydrogens is 208 g/mol. The predicted octanol–water partition coefficient (Wildman–Crippen LogP) is 3.56. The van der Waals surface area contributed by atoms with Crippen molar-refractivity contribution in [3.8, 4) is 0 Å². The first-order valence-corrected chi connectivity index (χ1v) is 6.36. The second kappa shape index (κ2) is 3.85. The molecule has 0 saturated heterocycles. The molecule has 1 fully saturated rings. The van der Waals surface area contributed by atoms with E-state index in [0.717, 1.165) is 12.8 Å². The lowest BCUT2D eigenvalue weighted by Crippen LogP contribution is -2.37. The predicted molar refractivity (Wildman–Crippen MR) is 71.3 cm³/mol. The van der Waals surface area contributed by atoms with E-state index in [4.69, 9.17) is 0 Å². The van der Waals surface area contributed by atoms with E-state index in [-0.39, 0.29) is 12.0 Å². The Morgan fingerprint density at radius 2 is 2.00 bits per heavy atom. The molecule has 2 aromatic rings. The molecule has 0 unspecified atom stereocenters. The zero-order chi connectivity index (χ0) is 11.9. The highest BCUT2D eigenvalue weighted by Gasteiger charge is 2.37. The zero-order valence-electron chi connectivity index (χ0n) is 10.2. The topological polar surface area (TPSA) is 20.2 Å². The highest BCUT2D eigenvalue weighted by Crippen LogP contribution is 2.44. The van der Waals surface area contributed by atoms with E-state index >= 15 is 0 Å². The van der Waals surface area contributed by atoms with E-state index in [9.17, 15) is 5.11 Å². The molecule has 1 saturated carbocycles. The molecule has 1 heteroatoms. The fourth-order valence-electron chi connectivity index (χ4n) is 2.90. The van der Waals surface area contributed by atoms with Crippen LogP contribution >= 0.6 is 0 Å². The molecule has 0 aromatic heterocycles. The Balaban J connectivity index is 2.16. The van der Waals surface area contributed by atoms with Crippen LogP contribution in [0, 0.1) is 6.92 Å². The average Bonchev–Trinajstić information content (AvgIpc) is 2.29. The number of fused-ring (bicyclic) bond motifs is 1. The largest absolute Gasteiger partial charge is 0.395 e. The molecule has 88 valence electrons. The number of rotatable bonds is 2. The molecule has 0 radical (unpaired) electrons. The van der Waals surface area contributed by atoms with Gasteiger partial charge in [0.05, 0.1) is 6.61 Å². The van der Waals surface area contributed by atoms with Gasteiger partial charge in [0.25, 0.3) is 0 Å². The lowest BCUT2D eigenvalue weighted by molar-refractivity contribution is 0.120. The van der Waals surface area contributed by atoms with Crippen LogP contribution in [0.25, 0.3) is 10.8 Å². The maximum Gasteiger partial charge on any atom is 0.0527 e. The lowest BCUT2D eigenvalue weighted by Gasteiger charge is -2.41. The molecule has 1 nitrogen and oxygen atoms in total. The Kier molecular flexibility index (Phi) is 2.44. The number of aliphatic hydroxyl groups excluding tert-OH is 1. The fraction of sp³-hybridized carbons (Fsp3) is 0.375. The summed E-state index contributed by atoms with van der Waals surface area (Å²) in [6.45, 7) is 2.43. The molecule has 0 heterocycles. The summed E-state index contributed by atoms with van der Waals surface area (Å²) in [5, 5.41) is 12.2. The minimum atomic E-state index is 0.0521. The Morgan fingerprint density at radius 1 is 1.18 bits per heavy atom. The van der Waals surface area contributed by atoms with Crippen LogP contribution in [-0.2, 0) is 5.41 Å². The number of aryl methyl sites for hydroxylation is 1. The Hall–Kier alpha value is -1.34. The van der Waals surface area contributed by atoms with Crippen LogP contribution in [0.2, 0.25) is 0 Å². The standard InChI is InChI=1S/C16H18O/c1-12-4-2-5-13-6-7-14(10-15(12)13)16(11-17)8-3-9-16/h2,4-7,10,17H,3,8-9,11H2,1H3. The monoisotopic (exact) mass is 226 g/mol. The van der Waals surface area contributed by atoms with Crippen molar-refractivity contribution in [2.75, 3.05) is 6.61 Å². The van der Waals surface area contributed by atoms with Crippen molar-refractivity contribution >= 4 is 10.8 Å². The van der Waals surface area contributed by atoms with Crippen molar-refractivity contribution in [3.05, 3.63) is 47.5 Å². The van der Waals surface area contributed by atoms with E-state index in [1.165, 1.54) is 28.3 Å². The van der Waals surface area contributed by atoms with Crippen LogP contribution in [0.4, 0.5) is 0 Å². The first-order chi connectivity index (χ1) is 8.25. The van der Waals surface area contributed by atoms with Gasteiger partial charge in [-0.3, -0.25) is 0 Å². The van der Waals surface area contributed by atoms with Gasteiger partial charge >= 0.3 is 0 Å².